The number of benzene rings is 1. The topological polar surface area (TPSA) is 45.0 Å². The Labute approximate surface area is 96.8 Å². The largest absolute Gasteiger partial charge is 0.413 e. The van der Waals surface area contributed by atoms with E-state index in [9.17, 15) is 13.2 Å². The number of rotatable bonds is 5. The lowest BCUT2D eigenvalue weighted by atomic mass is 10.1. The Morgan fingerprint density at radius 3 is 2.47 bits per heavy atom. The normalized spacial score (nSPS) is 13.1. The van der Waals surface area contributed by atoms with Gasteiger partial charge in [0, 0.05) is 0 Å². The maximum absolute atomic E-state index is 11.9. The van der Waals surface area contributed by atoms with Crippen molar-refractivity contribution in [3.63, 3.8) is 0 Å². The fourth-order valence-electron chi connectivity index (χ4n) is 1.23. The van der Waals surface area contributed by atoms with Crippen LogP contribution in [0, 0.1) is 11.3 Å². The highest BCUT2D eigenvalue weighted by Crippen LogP contribution is 2.18. The molecule has 1 N–H and O–H groups in total. The molecular weight excluding hydrogens is 233 g/mol. The van der Waals surface area contributed by atoms with Gasteiger partial charge in [-0.2, -0.15) is 23.9 Å². The molecule has 0 radical (unpaired) electrons. The van der Waals surface area contributed by atoms with Crippen molar-refractivity contribution in [2.75, 3.05) is 6.61 Å². The second-order valence-electron chi connectivity index (χ2n) is 3.35. The van der Waals surface area contributed by atoms with Gasteiger partial charge in [-0.3, -0.25) is 4.84 Å². The number of nitriles is 1. The third-order valence-electron chi connectivity index (χ3n) is 1.96. The van der Waals surface area contributed by atoms with Crippen LogP contribution in [-0.2, 0) is 4.84 Å². The third-order valence-corrected chi connectivity index (χ3v) is 1.96. The van der Waals surface area contributed by atoms with Crippen LogP contribution in [0.15, 0.2) is 30.3 Å². The Bertz CT molecular complexity index is 373. The highest BCUT2D eigenvalue weighted by molar-refractivity contribution is 5.19. The van der Waals surface area contributed by atoms with E-state index < -0.39 is 18.8 Å². The van der Waals surface area contributed by atoms with Gasteiger partial charge in [-0.15, -0.1) is 0 Å². The molecule has 0 amide bonds. The van der Waals surface area contributed by atoms with Crippen molar-refractivity contribution in [3.8, 4) is 6.07 Å². The van der Waals surface area contributed by atoms with Gasteiger partial charge in [0.25, 0.3) is 0 Å². The fraction of sp³-hybridized carbons (Fsp3) is 0.364. The minimum Gasteiger partial charge on any atom is -0.292 e. The first-order valence-electron chi connectivity index (χ1n) is 4.89. The SMILES string of the molecule is N#CCC(NOCC(F)(F)F)c1ccccc1. The zero-order valence-corrected chi connectivity index (χ0v) is 8.87. The third kappa shape index (κ3) is 5.33. The average Bonchev–Trinajstić information content (AvgIpc) is 2.27. The summed E-state index contributed by atoms with van der Waals surface area (Å²) in [5, 5.41) is 8.59. The summed E-state index contributed by atoms with van der Waals surface area (Å²) in [4.78, 5) is 4.34. The van der Waals surface area contributed by atoms with E-state index in [4.69, 9.17) is 5.26 Å². The molecule has 0 saturated heterocycles. The van der Waals surface area contributed by atoms with Crippen LogP contribution in [0.3, 0.4) is 0 Å². The lowest BCUT2D eigenvalue weighted by Gasteiger charge is -2.16. The van der Waals surface area contributed by atoms with Gasteiger partial charge in [0.05, 0.1) is 18.5 Å². The molecule has 0 aromatic heterocycles. The zero-order chi connectivity index (χ0) is 12.7. The van der Waals surface area contributed by atoms with Crippen molar-refractivity contribution in [1.82, 2.24) is 5.48 Å². The van der Waals surface area contributed by atoms with Gasteiger partial charge in [-0.05, 0) is 5.56 Å². The van der Waals surface area contributed by atoms with E-state index in [1.165, 1.54) is 0 Å². The Kier molecular flexibility index (Phi) is 4.94. The van der Waals surface area contributed by atoms with Crippen LogP contribution in [0.2, 0.25) is 0 Å². The van der Waals surface area contributed by atoms with Gasteiger partial charge >= 0.3 is 6.18 Å². The van der Waals surface area contributed by atoms with Crippen LogP contribution < -0.4 is 5.48 Å². The number of nitrogens with one attached hydrogen (secondary N) is 1. The second kappa shape index (κ2) is 6.23. The van der Waals surface area contributed by atoms with Gasteiger partial charge in [0.1, 0.15) is 0 Å². The minimum absolute atomic E-state index is 0.0296. The van der Waals surface area contributed by atoms with Crippen LogP contribution >= 0.6 is 0 Å². The molecule has 0 heterocycles. The van der Waals surface area contributed by atoms with Crippen LogP contribution in [0.4, 0.5) is 13.2 Å². The molecule has 1 aromatic rings. The van der Waals surface area contributed by atoms with Crippen LogP contribution in [0.5, 0.6) is 0 Å². The first-order valence-corrected chi connectivity index (χ1v) is 4.89. The number of hydrogen-bond acceptors (Lipinski definition) is 3. The van der Waals surface area contributed by atoms with Gasteiger partial charge < -0.3 is 0 Å². The predicted molar refractivity (Wildman–Crippen MR) is 54.6 cm³/mol. The zero-order valence-electron chi connectivity index (χ0n) is 8.87. The van der Waals surface area contributed by atoms with E-state index >= 15 is 0 Å². The molecule has 0 spiro atoms. The molecule has 0 aliphatic heterocycles. The number of halogens is 3. The van der Waals surface area contributed by atoms with Crippen molar-refractivity contribution in [2.45, 2.75) is 18.6 Å². The lowest BCUT2D eigenvalue weighted by Crippen LogP contribution is -2.28. The van der Waals surface area contributed by atoms with Crippen LogP contribution in [0.1, 0.15) is 18.0 Å². The van der Waals surface area contributed by atoms with E-state index in [-0.39, 0.29) is 6.42 Å². The maximum atomic E-state index is 11.9. The second-order valence-corrected chi connectivity index (χ2v) is 3.35. The molecule has 0 aliphatic rings. The summed E-state index contributed by atoms with van der Waals surface area (Å²) >= 11 is 0. The van der Waals surface area contributed by atoms with E-state index in [0.717, 1.165) is 0 Å². The van der Waals surface area contributed by atoms with Gasteiger partial charge in [0.2, 0.25) is 0 Å². The van der Waals surface area contributed by atoms with E-state index in [1.54, 1.807) is 30.3 Å². The molecule has 17 heavy (non-hydrogen) atoms. The van der Waals surface area contributed by atoms with E-state index in [2.05, 4.69) is 10.3 Å². The van der Waals surface area contributed by atoms with Crippen LogP contribution in [0.25, 0.3) is 0 Å². The molecule has 0 fully saturated rings. The molecule has 0 saturated carbocycles. The molecule has 1 aromatic carbocycles. The summed E-state index contributed by atoms with van der Waals surface area (Å²) in [6.07, 6.45) is -4.36. The summed E-state index contributed by atoms with van der Waals surface area (Å²) in [6.45, 7) is -1.39. The number of nitrogens with zero attached hydrogens (tertiary/aromatic N) is 1. The monoisotopic (exact) mass is 244 g/mol. The van der Waals surface area contributed by atoms with Gasteiger partial charge in [0.15, 0.2) is 6.61 Å². The molecule has 0 bridgehead atoms. The minimum atomic E-state index is -4.39. The molecule has 92 valence electrons. The molecule has 6 heteroatoms. The standard InChI is InChI=1S/C11H11F3N2O/c12-11(13,14)8-17-16-10(6-7-15)9-4-2-1-3-5-9/h1-5,10,16H,6,8H2. The Morgan fingerprint density at radius 2 is 1.94 bits per heavy atom. The summed E-state index contributed by atoms with van der Waals surface area (Å²) in [5.74, 6) is 0. The van der Waals surface area contributed by atoms with Crippen molar-refractivity contribution in [3.05, 3.63) is 35.9 Å². The Balaban J connectivity index is 2.54. The smallest absolute Gasteiger partial charge is 0.292 e. The van der Waals surface area contributed by atoms with Crippen molar-refractivity contribution in [2.24, 2.45) is 0 Å². The quantitative estimate of drug-likeness (QED) is 0.810. The molecule has 3 nitrogen and oxygen atoms in total. The predicted octanol–water partition coefficient (Wildman–Crippen LogP) is 2.72. The Morgan fingerprint density at radius 1 is 1.29 bits per heavy atom. The Hall–Kier alpha value is -1.58. The van der Waals surface area contributed by atoms with Crippen molar-refractivity contribution < 1.29 is 18.0 Å². The number of hydrogen-bond donors (Lipinski definition) is 1. The molecule has 1 atom stereocenters. The average molecular weight is 244 g/mol. The molecule has 1 rings (SSSR count). The molecular formula is C11H11F3N2O. The van der Waals surface area contributed by atoms with Crippen molar-refractivity contribution >= 4 is 0 Å². The molecule has 0 aliphatic carbocycles. The van der Waals surface area contributed by atoms with Gasteiger partial charge in [-0.25, -0.2) is 0 Å². The first-order chi connectivity index (χ1) is 8.03. The highest BCUT2D eigenvalue weighted by Gasteiger charge is 2.28. The first kappa shape index (κ1) is 13.5. The highest BCUT2D eigenvalue weighted by atomic mass is 19.4. The van der Waals surface area contributed by atoms with Crippen molar-refractivity contribution in [1.29, 1.82) is 5.26 Å². The summed E-state index contributed by atoms with van der Waals surface area (Å²) in [7, 11) is 0. The fourth-order valence-corrected chi connectivity index (χ4v) is 1.23. The molecule has 1 unspecified atom stereocenters. The number of alkyl halides is 3. The van der Waals surface area contributed by atoms with E-state index in [1.807, 2.05) is 6.07 Å². The summed E-state index contributed by atoms with van der Waals surface area (Å²) in [6, 6.07) is 10.0. The van der Waals surface area contributed by atoms with Gasteiger partial charge in [-0.1, -0.05) is 30.3 Å². The van der Waals surface area contributed by atoms with E-state index in [0.29, 0.717) is 5.56 Å². The summed E-state index contributed by atoms with van der Waals surface area (Å²) in [5.41, 5.74) is 2.96. The summed E-state index contributed by atoms with van der Waals surface area (Å²) < 4.78 is 35.6. The number of hydroxylamine groups is 1. The lowest BCUT2D eigenvalue weighted by molar-refractivity contribution is -0.193. The maximum Gasteiger partial charge on any atom is 0.413 e. The van der Waals surface area contributed by atoms with Crippen LogP contribution in [-0.4, -0.2) is 12.8 Å².